The highest BCUT2D eigenvalue weighted by Gasteiger charge is 2.53. The summed E-state index contributed by atoms with van der Waals surface area (Å²) in [6.07, 6.45) is 0.476. The van der Waals surface area contributed by atoms with E-state index in [1.807, 2.05) is 35.2 Å². The molecule has 1 atom stereocenters. The van der Waals surface area contributed by atoms with Gasteiger partial charge in [-0.3, -0.25) is 4.90 Å². The van der Waals surface area contributed by atoms with Crippen molar-refractivity contribution in [3.8, 4) is 0 Å². The number of hydrogen-bond donors (Lipinski definition) is 0. The zero-order valence-corrected chi connectivity index (χ0v) is 17.3. The average molecular weight is 362 g/mol. The van der Waals surface area contributed by atoms with Crippen molar-refractivity contribution in [2.24, 2.45) is 5.41 Å². The minimum absolute atomic E-state index is 0.137. The maximum Gasteiger partial charge on any atom is 0.410 e. The third-order valence-corrected chi connectivity index (χ3v) is 5.75. The Labute approximate surface area is 153 Å². The third kappa shape index (κ3) is 4.53. The number of amides is 1. The summed E-state index contributed by atoms with van der Waals surface area (Å²) in [6, 6.07) is 9.76. The van der Waals surface area contributed by atoms with E-state index in [0.29, 0.717) is 13.2 Å². The normalized spacial score (nSPS) is 21.0. The number of likely N-dealkylation sites (tertiary alicyclic amines) is 1. The van der Waals surface area contributed by atoms with Crippen molar-refractivity contribution in [1.82, 2.24) is 4.90 Å². The second kappa shape index (κ2) is 7.75. The van der Waals surface area contributed by atoms with Crippen LogP contribution in [0.4, 0.5) is 4.79 Å². The summed E-state index contributed by atoms with van der Waals surface area (Å²) < 4.78 is 11.7. The lowest BCUT2D eigenvalue weighted by Gasteiger charge is -2.47. The van der Waals surface area contributed by atoms with Gasteiger partial charge in [0, 0.05) is 6.54 Å². The monoisotopic (exact) mass is 361 g/mol. The summed E-state index contributed by atoms with van der Waals surface area (Å²) in [5.74, 6) is 0. The molecule has 0 unspecified atom stereocenters. The van der Waals surface area contributed by atoms with Gasteiger partial charge in [-0.15, -0.1) is 0 Å². The third-order valence-electron chi connectivity index (χ3n) is 4.92. The fraction of sp³-hybridized carbons (Fsp3) is 0.550. The minimum atomic E-state index is -1.19. The van der Waals surface area contributed by atoms with Crippen LogP contribution in [0, 0.1) is 5.41 Å². The first-order chi connectivity index (χ1) is 11.7. The predicted molar refractivity (Wildman–Crippen MR) is 104 cm³/mol. The highest BCUT2D eigenvalue weighted by Crippen LogP contribution is 2.45. The van der Waals surface area contributed by atoms with E-state index in [9.17, 15) is 4.79 Å². The van der Waals surface area contributed by atoms with Gasteiger partial charge in [-0.1, -0.05) is 63.3 Å². The van der Waals surface area contributed by atoms with Crippen LogP contribution in [0.2, 0.25) is 13.1 Å². The van der Waals surface area contributed by atoms with E-state index in [2.05, 4.69) is 40.4 Å². The molecule has 1 fully saturated rings. The van der Waals surface area contributed by atoms with Gasteiger partial charge in [0.25, 0.3) is 0 Å². The van der Waals surface area contributed by atoms with Crippen LogP contribution in [-0.2, 0) is 15.8 Å². The van der Waals surface area contributed by atoms with Crippen molar-refractivity contribution in [3.63, 3.8) is 0 Å². The van der Waals surface area contributed by atoms with E-state index in [4.69, 9.17) is 9.16 Å². The number of rotatable bonds is 5. The highest BCUT2D eigenvalue weighted by molar-refractivity contribution is 6.48. The van der Waals surface area contributed by atoms with Crippen molar-refractivity contribution in [2.75, 3.05) is 13.2 Å². The molecule has 1 aromatic carbocycles. The van der Waals surface area contributed by atoms with Gasteiger partial charge in [-0.05, 0) is 30.5 Å². The molecule has 1 aliphatic rings. The molecule has 0 radical (unpaired) electrons. The summed E-state index contributed by atoms with van der Waals surface area (Å²) in [6.45, 7) is 16.3. The predicted octanol–water partition coefficient (Wildman–Crippen LogP) is 4.37. The fourth-order valence-electron chi connectivity index (χ4n) is 3.30. The fourth-order valence-corrected chi connectivity index (χ4v) is 3.91. The Kier molecular flexibility index (Phi) is 6.11. The van der Waals surface area contributed by atoms with Gasteiger partial charge in [0.2, 0.25) is 0 Å². The molecular weight excluding hydrogens is 330 g/mol. The van der Waals surface area contributed by atoms with Crippen LogP contribution in [0.5, 0.6) is 0 Å². The molecule has 0 bridgehead atoms. The Morgan fingerprint density at radius 3 is 2.48 bits per heavy atom. The molecule has 1 aliphatic heterocycles. The molecular formula is C20H31NO3Si. The van der Waals surface area contributed by atoms with Crippen LogP contribution in [0.1, 0.15) is 32.8 Å². The van der Waals surface area contributed by atoms with Gasteiger partial charge in [-0.25, -0.2) is 4.79 Å². The smallest absolute Gasteiger partial charge is 0.410 e. The summed E-state index contributed by atoms with van der Waals surface area (Å²) >= 11 is 0. The molecule has 0 N–H and O–H groups in total. The van der Waals surface area contributed by atoms with Crippen molar-refractivity contribution in [2.45, 2.75) is 52.4 Å². The summed E-state index contributed by atoms with van der Waals surface area (Å²) in [5.41, 5.74) is 1.50. The number of hydrogen-bond acceptors (Lipinski definition) is 3. The quantitative estimate of drug-likeness (QED) is 0.577. The van der Waals surface area contributed by atoms with Gasteiger partial charge in [0.15, 0.2) is 9.04 Å². The Morgan fingerprint density at radius 1 is 1.28 bits per heavy atom. The average Bonchev–Trinajstić information content (AvgIpc) is 2.89. The summed E-state index contributed by atoms with van der Waals surface area (Å²) in [4.78, 5) is 14.7. The SMILES string of the molecule is C=C1CN(C(=O)OCc2ccccc2)[C@](CO[SiH](C)C)(C(C)(C)C)C1. The van der Waals surface area contributed by atoms with Crippen molar-refractivity contribution in [3.05, 3.63) is 48.0 Å². The maximum absolute atomic E-state index is 12.9. The number of nitrogens with zero attached hydrogens (tertiary/aromatic N) is 1. The number of carbonyl (C=O) groups is 1. The molecule has 1 saturated heterocycles. The zero-order chi connectivity index (χ0) is 18.7. The molecule has 4 nitrogen and oxygen atoms in total. The van der Waals surface area contributed by atoms with Gasteiger partial charge >= 0.3 is 6.09 Å². The van der Waals surface area contributed by atoms with Gasteiger partial charge < -0.3 is 9.16 Å². The van der Waals surface area contributed by atoms with Gasteiger partial charge in [-0.2, -0.15) is 0 Å². The van der Waals surface area contributed by atoms with E-state index in [-0.39, 0.29) is 18.1 Å². The van der Waals surface area contributed by atoms with Crippen LogP contribution in [0.25, 0.3) is 0 Å². The summed E-state index contributed by atoms with van der Waals surface area (Å²) in [7, 11) is -1.19. The Morgan fingerprint density at radius 2 is 1.92 bits per heavy atom. The van der Waals surface area contributed by atoms with Crippen LogP contribution in [-0.4, -0.2) is 38.7 Å². The highest BCUT2D eigenvalue weighted by atomic mass is 28.3. The minimum Gasteiger partial charge on any atom is -0.445 e. The Balaban J connectivity index is 2.19. The maximum atomic E-state index is 12.9. The molecule has 5 heteroatoms. The van der Waals surface area contributed by atoms with Crippen molar-refractivity contribution < 1.29 is 14.0 Å². The van der Waals surface area contributed by atoms with E-state index in [1.165, 1.54) is 0 Å². The second-order valence-corrected chi connectivity index (χ2v) is 10.6. The molecule has 2 rings (SSSR count). The molecule has 0 aromatic heterocycles. The molecule has 138 valence electrons. The molecule has 25 heavy (non-hydrogen) atoms. The molecule has 0 saturated carbocycles. The topological polar surface area (TPSA) is 38.8 Å². The van der Waals surface area contributed by atoms with Crippen LogP contribution in [0.3, 0.4) is 0 Å². The standard InChI is InChI=1S/C20H31NO3Si/c1-16-12-20(19(2,3)4,15-24-25(5)6)21(13-16)18(22)23-14-17-10-8-7-9-11-17/h7-11,25H,1,12-15H2,2-6H3/t20-/m1/s1. The molecule has 1 amide bonds. The lowest BCUT2D eigenvalue weighted by molar-refractivity contribution is -0.0156. The van der Waals surface area contributed by atoms with Gasteiger partial charge in [0.1, 0.15) is 6.61 Å². The van der Waals surface area contributed by atoms with E-state index in [1.54, 1.807) is 0 Å². The molecule has 1 heterocycles. The molecule has 0 aliphatic carbocycles. The first-order valence-electron chi connectivity index (χ1n) is 8.92. The number of benzene rings is 1. The first kappa shape index (κ1) is 19.7. The van der Waals surface area contributed by atoms with Crippen LogP contribution in [0.15, 0.2) is 42.5 Å². The van der Waals surface area contributed by atoms with Crippen LogP contribution < -0.4 is 0 Å². The van der Waals surface area contributed by atoms with Gasteiger partial charge in [0.05, 0.1) is 12.1 Å². The summed E-state index contributed by atoms with van der Waals surface area (Å²) in [5, 5.41) is 0. The Bertz CT molecular complexity index is 609. The van der Waals surface area contributed by atoms with E-state index >= 15 is 0 Å². The zero-order valence-electron chi connectivity index (χ0n) is 16.2. The van der Waals surface area contributed by atoms with Crippen molar-refractivity contribution >= 4 is 15.1 Å². The Hall–Kier alpha value is -1.59. The molecule has 1 aromatic rings. The molecule has 0 spiro atoms. The lowest BCUT2D eigenvalue weighted by atomic mass is 9.72. The lowest BCUT2D eigenvalue weighted by Crippen LogP contribution is -2.59. The van der Waals surface area contributed by atoms with E-state index in [0.717, 1.165) is 17.6 Å². The number of carbonyl (C=O) groups excluding carboxylic acids is 1. The second-order valence-electron chi connectivity index (χ2n) is 8.19. The largest absolute Gasteiger partial charge is 0.445 e. The number of ether oxygens (including phenoxy) is 1. The van der Waals surface area contributed by atoms with E-state index < -0.39 is 14.6 Å². The first-order valence-corrected chi connectivity index (χ1v) is 11.7. The van der Waals surface area contributed by atoms with Crippen molar-refractivity contribution in [1.29, 1.82) is 0 Å². The van der Waals surface area contributed by atoms with Crippen LogP contribution >= 0.6 is 0 Å².